The van der Waals surface area contributed by atoms with Gasteiger partial charge in [0.2, 0.25) is 59.1 Å². The summed E-state index contributed by atoms with van der Waals surface area (Å²) in [5.41, 5.74) is 2.11. The van der Waals surface area contributed by atoms with Gasteiger partial charge in [0.05, 0.1) is 37.2 Å². The smallest absolute Gasteiger partial charge is 0.274 e. The van der Waals surface area contributed by atoms with Gasteiger partial charge in [0, 0.05) is 65.1 Å². The van der Waals surface area contributed by atoms with Gasteiger partial charge < -0.3 is 70.8 Å². The van der Waals surface area contributed by atoms with Crippen molar-refractivity contribution in [1.82, 2.24) is 71.3 Å². The van der Waals surface area contributed by atoms with Crippen LogP contribution in [-0.4, -0.2) is 227 Å². The molecule has 6 N–H and O–H groups in total. The molecule has 0 bridgehead atoms. The first-order valence-corrected chi connectivity index (χ1v) is 36.0. The molecule has 1 saturated carbocycles. The van der Waals surface area contributed by atoms with Crippen LogP contribution < -0.4 is 41.4 Å². The second-order valence-electron chi connectivity index (χ2n) is 27.7. The number of piperidine rings is 2. The van der Waals surface area contributed by atoms with Crippen LogP contribution in [-0.2, 0) is 61.2 Å². The number of likely N-dealkylation sites (N-methyl/N-ethyl adjacent to an activating group) is 4. The van der Waals surface area contributed by atoms with Gasteiger partial charge in [-0.15, -0.1) is 0 Å². The fourth-order valence-electron chi connectivity index (χ4n) is 14.0. The number of hydrogen-bond donors (Lipinski definition) is 6. The molecule has 4 aromatic carbocycles. The van der Waals surface area contributed by atoms with Crippen LogP contribution in [0.4, 0.5) is 0 Å². The third-order valence-electron chi connectivity index (χ3n) is 19.9. The van der Waals surface area contributed by atoms with Crippen LogP contribution in [0.5, 0.6) is 11.5 Å². The molecule has 0 radical (unpaired) electrons. The molecule has 0 unspecified atom stereocenters. The van der Waals surface area contributed by atoms with E-state index in [-0.39, 0.29) is 67.9 Å². The number of nitrogens with one attached hydrogen (secondary N) is 6. The van der Waals surface area contributed by atoms with Crippen molar-refractivity contribution in [3.63, 3.8) is 0 Å². The first-order valence-electron chi connectivity index (χ1n) is 36.0. The molecule has 2 aromatic heterocycles. The summed E-state index contributed by atoms with van der Waals surface area (Å²) in [5.74, 6) is -9.55. The van der Waals surface area contributed by atoms with E-state index >= 15 is 14.4 Å². The Morgan fingerprint density at radius 1 is 0.476 bits per heavy atom. The second-order valence-corrected chi connectivity index (χ2v) is 27.7. The van der Waals surface area contributed by atoms with Crippen LogP contribution in [0.25, 0.3) is 21.8 Å². The van der Waals surface area contributed by atoms with E-state index in [0.717, 1.165) is 45.1 Å². The Morgan fingerprint density at radius 3 is 1.33 bits per heavy atom. The molecule has 105 heavy (non-hydrogen) atoms. The van der Waals surface area contributed by atoms with Crippen LogP contribution in [0.3, 0.4) is 0 Å². The van der Waals surface area contributed by atoms with Gasteiger partial charge in [0.15, 0.2) is 22.9 Å². The van der Waals surface area contributed by atoms with Crippen molar-refractivity contribution in [3.8, 4) is 11.5 Å². The molecule has 28 nitrogen and oxygen atoms in total. The molecule has 6 aromatic rings. The molecular formula is C77H94N14O14. The lowest BCUT2D eigenvalue weighted by atomic mass is 9.82. The standard InChI is InChI=1S/C77H94N14O14/c1-48(2)68-74(100)78-40-56(84-72(98)66-60(104-46-49-24-10-7-11-25-49)38-52-30-16-18-32-54(52)82-66)76(102)90-36-22-20-34-58(90)70(96)81-43-63(93)87(4)45-65(95)89(6)69(51-28-14-9-15-29-51)75(101)79-41-57(77(103)91-37-23-21-35-59(91)71(97)80-42-62(92)86(3)44-64(94)88(68)5)85-73(99)67-61(105-47-50-26-12-8-13-27-50)39-53-31-17-19-33-55(53)83-67/h7-8,10-13,16-19,24-27,30-33,38-39,48,51,56-59,68-69H,9,14-15,20-23,28-29,34-37,40-47H2,1-6H3,(H,78,100)(H,79,101)(H,80,97)(H,81,96)(H,84,98)(H,85,99)/t56-,57-,58+,59+,68+,69+/m1/s1. The van der Waals surface area contributed by atoms with Crippen LogP contribution in [0.15, 0.2) is 121 Å². The Hall–Kier alpha value is -11.1. The molecule has 556 valence electrons. The van der Waals surface area contributed by atoms with Gasteiger partial charge in [-0.3, -0.25) is 57.5 Å². The number of rotatable bonds is 12. The fraction of sp³-hybridized carbons (Fsp3) is 0.455. The number of aromatic nitrogens is 2. The Kier molecular flexibility index (Phi) is 26.2. The number of benzene rings is 4. The van der Waals surface area contributed by atoms with Gasteiger partial charge in [-0.25, -0.2) is 9.97 Å². The minimum absolute atomic E-state index is 0.0301. The predicted octanol–water partition coefficient (Wildman–Crippen LogP) is 3.89. The molecule has 4 aliphatic rings. The summed E-state index contributed by atoms with van der Waals surface area (Å²) in [6.45, 7) is 0.108. The van der Waals surface area contributed by atoms with Crippen molar-refractivity contribution in [2.45, 2.75) is 134 Å². The number of amides is 12. The number of pyridine rings is 2. The second kappa shape index (κ2) is 35.9. The van der Waals surface area contributed by atoms with E-state index in [2.05, 4.69) is 36.9 Å². The highest BCUT2D eigenvalue weighted by Gasteiger charge is 2.42. The van der Waals surface area contributed by atoms with Crippen molar-refractivity contribution in [1.29, 1.82) is 0 Å². The molecule has 0 spiro atoms. The number of carbonyl (C=O) groups is 12. The Labute approximate surface area is 610 Å². The van der Waals surface area contributed by atoms with E-state index in [0.29, 0.717) is 60.3 Å². The molecule has 1 aliphatic carbocycles. The third-order valence-corrected chi connectivity index (χ3v) is 19.9. The summed E-state index contributed by atoms with van der Waals surface area (Å²) in [5, 5.41) is 17.9. The van der Waals surface area contributed by atoms with E-state index in [9.17, 15) is 43.2 Å². The first-order chi connectivity index (χ1) is 50.5. The van der Waals surface area contributed by atoms with Gasteiger partial charge in [-0.2, -0.15) is 0 Å². The SMILES string of the molecule is CC(C)[C@H]1C(=O)NC[C@@H](NC(=O)c2nc3ccccc3cc2OCc2ccccc2)C(=O)N2CCCC[C@H]2C(=O)NCC(=O)N(C)CC(=O)N(C)[C@@H](C2CCCCC2)C(=O)NC[C@@H](NC(=O)c2nc3ccccc3cc2OCc2ccccc2)C(=O)N2CCCC[C@H]2C(=O)NCC(=O)N(C)CC(=O)N1C. The zero-order valence-corrected chi connectivity index (χ0v) is 60.3. The van der Waals surface area contributed by atoms with Crippen molar-refractivity contribution in [2.75, 3.05) is 80.5 Å². The maximum atomic E-state index is 15.4. The molecule has 6 atom stereocenters. The summed E-state index contributed by atoms with van der Waals surface area (Å²) >= 11 is 0. The summed E-state index contributed by atoms with van der Waals surface area (Å²) in [4.78, 5) is 192. The fourth-order valence-corrected chi connectivity index (χ4v) is 14.0. The lowest BCUT2D eigenvalue weighted by molar-refractivity contribution is -0.146. The highest BCUT2D eigenvalue weighted by Crippen LogP contribution is 2.31. The minimum atomic E-state index is -1.58. The first kappa shape index (κ1) is 76.6. The third kappa shape index (κ3) is 19.4. The summed E-state index contributed by atoms with van der Waals surface area (Å²) in [7, 11) is 5.54. The van der Waals surface area contributed by atoms with E-state index in [1.165, 1.54) is 42.9 Å². The van der Waals surface area contributed by atoms with Crippen molar-refractivity contribution in [2.24, 2.45) is 11.8 Å². The lowest BCUT2D eigenvalue weighted by Gasteiger charge is -2.38. The quantitative estimate of drug-likeness (QED) is 0.101. The lowest BCUT2D eigenvalue weighted by Crippen LogP contribution is -2.61. The maximum Gasteiger partial charge on any atom is 0.274 e. The monoisotopic (exact) mass is 1440 g/mol. The molecule has 3 aliphatic heterocycles. The summed E-state index contributed by atoms with van der Waals surface area (Å²) in [6, 6.07) is 28.1. The Morgan fingerprint density at radius 2 is 0.886 bits per heavy atom. The van der Waals surface area contributed by atoms with Gasteiger partial charge >= 0.3 is 0 Å². The minimum Gasteiger partial charge on any atom is -0.486 e. The predicted molar refractivity (Wildman–Crippen MR) is 388 cm³/mol. The van der Waals surface area contributed by atoms with E-state index in [1.54, 1.807) is 62.4 Å². The average molecular weight is 1440 g/mol. The van der Waals surface area contributed by atoms with Crippen LogP contribution in [0, 0.1) is 11.8 Å². The van der Waals surface area contributed by atoms with Crippen LogP contribution in [0.1, 0.15) is 117 Å². The molecule has 12 amide bonds. The van der Waals surface area contributed by atoms with Crippen molar-refractivity contribution >= 4 is 92.7 Å². The van der Waals surface area contributed by atoms with Crippen molar-refractivity contribution < 1.29 is 67.0 Å². The molecular weight excluding hydrogens is 1340 g/mol. The highest BCUT2D eigenvalue weighted by molar-refractivity contribution is 6.03. The van der Waals surface area contributed by atoms with E-state index < -0.39 is 152 Å². The number of fused-ring (bicyclic) bond motifs is 4. The van der Waals surface area contributed by atoms with E-state index in [1.807, 2.05) is 72.8 Å². The number of nitrogens with zero attached hydrogens (tertiary/aromatic N) is 8. The van der Waals surface area contributed by atoms with Crippen LogP contribution in [0.2, 0.25) is 0 Å². The summed E-state index contributed by atoms with van der Waals surface area (Å²) < 4.78 is 12.5. The number of carbonyl (C=O) groups excluding carboxylic acids is 12. The van der Waals surface area contributed by atoms with Gasteiger partial charge in [0.25, 0.3) is 11.8 Å². The van der Waals surface area contributed by atoms with Crippen LogP contribution >= 0.6 is 0 Å². The largest absolute Gasteiger partial charge is 0.486 e. The van der Waals surface area contributed by atoms with Gasteiger partial charge in [-0.1, -0.05) is 130 Å². The zero-order chi connectivity index (χ0) is 74.8. The van der Waals surface area contributed by atoms with Crippen molar-refractivity contribution in [3.05, 3.63) is 144 Å². The molecule has 10 rings (SSSR count). The van der Waals surface area contributed by atoms with Gasteiger partial charge in [-0.05, 0) is 98.6 Å². The Bertz CT molecular complexity index is 4170. The van der Waals surface area contributed by atoms with E-state index in [4.69, 9.17) is 14.5 Å². The highest BCUT2D eigenvalue weighted by atomic mass is 16.5. The normalized spacial score (nSPS) is 22.0. The molecule has 5 heterocycles. The number of ether oxygens (including phenoxy) is 2. The summed E-state index contributed by atoms with van der Waals surface area (Å²) in [6.07, 6.45) is 5.66. The number of hydrogen-bond acceptors (Lipinski definition) is 16. The zero-order valence-electron chi connectivity index (χ0n) is 60.3. The Balaban J connectivity index is 0.939. The topological polar surface area (TPSA) is 341 Å². The molecule has 28 heteroatoms. The average Bonchev–Trinajstić information content (AvgIpc) is 0.802. The maximum absolute atomic E-state index is 15.4. The molecule has 4 fully saturated rings. The number of para-hydroxylation sites is 2. The molecule has 3 saturated heterocycles. The van der Waals surface area contributed by atoms with Gasteiger partial charge in [0.1, 0.15) is 49.5 Å².